The van der Waals surface area contributed by atoms with Crippen molar-refractivity contribution in [3.05, 3.63) is 23.2 Å². The second kappa shape index (κ2) is 4.74. The third-order valence-corrected chi connectivity index (χ3v) is 3.05. The van der Waals surface area contributed by atoms with Crippen molar-refractivity contribution in [3.63, 3.8) is 0 Å². The molecule has 0 spiro atoms. The number of carbonyl (C=O) groups excluding carboxylic acids is 1. The van der Waals surface area contributed by atoms with Crippen molar-refractivity contribution in [3.8, 4) is 0 Å². The molecule has 0 saturated carbocycles. The lowest BCUT2D eigenvalue weighted by Crippen LogP contribution is -2.03. The molecule has 18 heavy (non-hydrogen) atoms. The molecule has 100 valence electrons. The molecule has 1 aliphatic rings. The molecule has 1 aliphatic heterocycles. The second-order valence-corrected chi connectivity index (χ2v) is 4.91. The fourth-order valence-electron chi connectivity index (χ4n) is 1.96. The molecule has 1 aromatic heterocycles. The Labute approximate surface area is 106 Å². The van der Waals surface area contributed by atoms with Gasteiger partial charge in [0.05, 0.1) is 12.7 Å². The minimum Gasteiger partial charge on any atom is -0.465 e. The summed E-state index contributed by atoms with van der Waals surface area (Å²) in [5.41, 5.74) is 0.187. The number of hydrogen-bond donors (Lipinski definition) is 1. The molecule has 0 bridgehead atoms. The van der Waals surface area contributed by atoms with Gasteiger partial charge in [0, 0.05) is 13.0 Å². The van der Waals surface area contributed by atoms with Crippen LogP contribution >= 0.6 is 0 Å². The number of hydrogen-bond acceptors (Lipinski definition) is 5. The average Bonchev–Trinajstić information content (AvgIpc) is 2.80. The molecule has 1 aromatic rings. The summed E-state index contributed by atoms with van der Waals surface area (Å²) < 4.78 is 15.9. The van der Waals surface area contributed by atoms with E-state index >= 15 is 0 Å². The van der Waals surface area contributed by atoms with Crippen molar-refractivity contribution in [1.82, 2.24) is 0 Å². The van der Waals surface area contributed by atoms with Crippen LogP contribution in [0.4, 0.5) is 0 Å². The van der Waals surface area contributed by atoms with E-state index in [0.29, 0.717) is 29.9 Å². The molecular formula is C13H18O5. The summed E-state index contributed by atoms with van der Waals surface area (Å²) in [5, 5.41) is 8.84. The van der Waals surface area contributed by atoms with Crippen molar-refractivity contribution in [2.45, 2.75) is 38.4 Å². The third-order valence-electron chi connectivity index (χ3n) is 3.05. The maximum absolute atomic E-state index is 11.6. The van der Waals surface area contributed by atoms with Gasteiger partial charge in [0.25, 0.3) is 0 Å². The van der Waals surface area contributed by atoms with Gasteiger partial charge in [0.2, 0.25) is 0 Å². The zero-order valence-electron chi connectivity index (χ0n) is 10.9. The monoisotopic (exact) mass is 254 g/mol. The molecule has 2 heterocycles. The molecule has 0 amide bonds. The first-order valence-corrected chi connectivity index (χ1v) is 5.99. The summed E-state index contributed by atoms with van der Waals surface area (Å²) in [6.07, 6.45) is 0.948. The first kappa shape index (κ1) is 13.1. The molecule has 0 aliphatic carbocycles. The lowest BCUT2D eigenvalue weighted by molar-refractivity contribution is 0.0598. The van der Waals surface area contributed by atoms with Crippen LogP contribution in [0.2, 0.25) is 0 Å². The van der Waals surface area contributed by atoms with Gasteiger partial charge in [0.15, 0.2) is 0 Å². The van der Waals surface area contributed by atoms with Gasteiger partial charge < -0.3 is 19.0 Å². The SMILES string of the molecule is COC(=O)c1cc(C2OC2(C)C)oc1CCCO. The lowest BCUT2D eigenvalue weighted by Gasteiger charge is -1.99. The Hall–Kier alpha value is -1.33. The maximum Gasteiger partial charge on any atom is 0.341 e. The van der Waals surface area contributed by atoms with Gasteiger partial charge >= 0.3 is 5.97 Å². The number of carbonyl (C=O) groups is 1. The van der Waals surface area contributed by atoms with E-state index in [1.807, 2.05) is 13.8 Å². The molecule has 1 fully saturated rings. The number of epoxide rings is 1. The van der Waals surface area contributed by atoms with Gasteiger partial charge in [-0.1, -0.05) is 0 Å². The first-order chi connectivity index (χ1) is 8.49. The minimum atomic E-state index is -0.420. The summed E-state index contributed by atoms with van der Waals surface area (Å²) in [7, 11) is 1.34. The van der Waals surface area contributed by atoms with Crippen LogP contribution in [0.5, 0.6) is 0 Å². The summed E-state index contributed by atoms with van der Waals surface area (Å²) in [6, 6.07) is 1.68. The van der Waals surface area contributed by atoms with E-state index in [-0.39, 0.29) is 18.3 Å². The van der Waals surface area contributed by atoms with Crippen LogP contribution in [0.15, 0.2) is 10.5 Å². The average molecular weight is 254 g/mol. The van der Waals surface area contributed by atoms with Crippen molar-refractivity contribution < 1.29 is 23.8 Å². The minimum absolute atomic E-state index is 0.0576. The number of aryl methyl sites for hydroxylation is 1. The number of methoxy groups -OCH3 is 1. The van der Waals surface area contributed by atoms with E-state index in [0.717, 1.165) is 0 Å². The number of ether oxygens (including phenoxy) is 2. The van der Waals surface area contributed by atoms with Gasteiger partial charge in [-0.2, -0.15) is 0 Å². The van der Waals surface area contributed by atoms with Crippen LogP contribution in [0.3, 0.4) is 0 Å². The fraction of sp³-hybridized carbons (Fsp3) is 0.615. The van der Waals surface area contributed by atoms with E-state index in [4.69, 9.17) is 19.0 Å². The normalized spacial score (nSPS) is 20.8. The highest BCUT2D eigenvalue weighted by Crippen LogP contribution is 2.49. The van der Waals surface area contributed by atoms with Crippen LogP contribution < -0.4 is 0 Å². The molecule has 2 rings (SSSR count). The second-order valence-electron chi connectivity index (χ2n) is 4.91. The van der Waals surface area contributed by atoms with Gasteiger partial charge in [-0.25, -0.2) is 4.79 Å². The predicted molar refractivity (Wildman–Crippen MR) is 63.4 cm³/mol. The number of furan rings is 1. The van der Waals surface area contributed by atoms with Crippen LogP contribution in [0, 0.1) is 0 Å². The van der Waals surface area contributed by atoms with Crippen molar-refractivity contribution >= 4 is 5.97 Å². The number of esters is 1. The van der Waals surface area contributed by atoms with Crippen LogP contribution in [0.1, 0.15) is 48.3 Å². The Morgan fingerprint density at radius 1 is 1.56 bits per heavy atom. The van der Waals surface area contributed by atoms with E-state index < -0.39 is 5.97 Å². The summed E-state index contributed by atoms with van der Waals surface area (Å²) >= 11 is 0. The van der Waals surface area contributed by atoms with Gasteiger partial charge in [0.1, 0.15) is 23.2 Å². The summed E-state index contributed by atoms with van der Waals surface area (Å²) in [6.45, 7) is 3.98. The van der Waals surface area contributed by atoms with E-state index in [1.54, 1.807) is 6.07 Å². The smallest absolute Gasteiger partial charge is 0.341 e. The van der Waals surface area contributed by atoms with Gasteiger partial charge in [-0.05, 0) is 26.3 Å². The highest BCUT2D eigenvalue weighted by molar-refractivity contribution is 5.90. The summed E-state index contributed by atoms with van der Waals surface area (Å²) in [4.78, 5) is 11.6. The highest BCUT2D eigenvalue weighted by atomic mass is 16.6. The Morgan fingerprint density at radius 3 is 2.72 bits per heavy atom. The van der Waals surface area contributed by atoms with E-state index in [1.165, 1.54) is 7.11 Å². The Kier molecular flexibility index (Phi) is 3.45. The first-order valence-electron chi connectivity index (χ1n) is 5.99. The Morgan fingerprint density at radius 2 is 2.22 bits per heavy atom. The summed E-state index contributed by atoms with van der Waals surface area (Å²) in [5.74, 6) is 0.780. The van der Waals surface area contributed by atoms with Crippen LogP contribution in [-0.4, -0.2) is 30.4 Å². The largest absolute Gasteiger partial charge is 0.465 e. The topological polar surface area (TPSA) is 72.2 Å². The number of aliphatic hydroxyl groups is 1. The molecule has 1 saturated heterocycles. The molecule has 1 atom stereocenters. The van der Waals surface area contributed by atoms with Gasteiger partial charge in [-0.3, -0.25) is 0 Å². The molecule has 1 N–H and O–H groups in total. The van der Waals surface area contributed by atoms with Gasteiger partial charge in [-0.15, -0.1) is 0 Å². The van der Waals surface area contributed by atoms with E-state index in [9.17, 15) is 4.79 Å². The molecule has 5 heteroatoms. The van der Waals surface area contributed by atoms with Crippen molar-refractivity contribution in [1.29, 1.82) is 0 Å². The zero-order chi connectivity index (χ0) is 13.3. The predicted octanol–water partition coefficient (Wildman–Crippen LogP) is 1.84. The van der Waals surface area contributed by atoms with Crippen molar-refractivity contribution in [2.24, 2.45) is 0 Å². The van der Waals surface area contributed by atoms with Crippen LogP contribution in [0.25, 0.3) is 0 Å². The molecular weight excluding hydrogens is 236 g/mol. The zero-order valence-corrected chi connectivity index (χ0v) is 10.9. The molecule has 0 aromatic carbocycles. The fourth-order valence-corrected chi connectivity index (χ4v) is 1.96. The molecule has 5 nitrogen and oxygen atoms in total. The quantitative estimate of drug-likeness (QED) is 0.641. The van der Waals surface area contributed by atoms with E-state index in [2.05, 4.69) is 0 Å². The highest BCUT2D eigenvalue weighted by Gasteiger charge is 2.51. The van der Waals surface area contributed by atoms with Crippen LogP contribution in [-0.2, 0) is 15.9 Å². The third kappa shape index (κ3) is 2.42. The molecule has 1 unspecified atom stereocenters. The number of aliphatic hydroxyl groups excluding tert-OH is 1. The Balaban J connectivity index is 2.23. The number of rotatable bonds is 5. The van der Waals surface area contributed by atoms with Crippen molar-refractivity contribution in [2.75, 3.05) is 13.7 Å². The Bertz CT molecular complexity index is 446. The standard InChI is InChI=1S/C13H18O5/c1-13(2)11(18-13)10-7-8(12(15)16-3)9(17-10)5-4-6-14/h7,11,14H,4-6H2,1-3H3. The lowest BCUT2D eigenvalue weighted by atomic mass is 10.1. The molecule has 0 radical (unpaired) electrons. The maximum atomic E-state index is 11.6.